The van der Waals surface area contributed by atoms with Gasteiger partial charge in [-0.25, -0.2) is 9.67 Å². The van der Waals surface area contributed by atoms with Crippen molar-refractivity contribution in [1.29, 1.82) is 0 Å². The van der Waals surface area contributed by atoms with Gasteiger partial charge >= 0.3 is 0 Å². The number of rotatable bonds is 5. The number of carbonyl (C=O) groups is 1. The van der Waals surface area contributed by atoms with Gasteiger partial charge in [-0.05, 0) is 49.7 Å². The maximum absolute atomic E-state index is 12.5. The molecule has 1 saturated heterocycles. The Balaban J connectivity index is 1.36. The van der Waals surface area contributed by atoms with Gasteiger partial charge in [-0.1, -0.05) is 17.7 Å². The summed E-state index contributed by atoms with van der Waals surface area (Å²) >= 11 is 6.22. The summed E-state index contributed by atoms with van der Waals surface area (Å²) in [5.41, 5.74) is 4.06. The van der Waals surface area contributed by atoms with Crippen LogP contribution in [0.2, 0.25) is 5.02 Å². The standard InChI is InChI=1S/C22H24ClN5O2/c1-15-21(23)16(2)28(26-15)19-6-4-18(5-7-19)22(29)25-14-17-3-8-20(24-13-17)27-9-11-30-12-10-27/h3-8,13H,9-12,14H2,1-2H3,(H,25,29). The smallest absolute Gasteiger partial charge is 0.251 e. The lowest BCUT2D eigenvalue weighted by Gasteiger charge is -2.27. The number of aromatic nitrogens is 3. The summed E-state index contributed by atoms with van der Waals surface area (Å²) in [6, 6.07) is 11.3. The van der Waals surface area contributed by atoms with E-state index in [9.17, 15) is 4.79 Å². The van der Waals surface area contributed by atoms with E-state index in [0.29, 0.717) is 17.1 Å². The average molecular weight is 426 g/mol. The Labute approximate surface area is 180 Å². The minimum Gasteiger partial charge on any atom is -0.378 e. The number of halogens is 1. The topological polar surface area (TPSA) is 72.3 Å². The number of morpholine rings is 1. The van der Waals surface area contributed by atoms with E-state index in [4.69, 9.17) is 16.3 Å². The summed E-state index contributed by atoms with van der Waals surface area (Å²) in [5, 5.41) is 8.04. The van der Waals surface area contributed by atoms with Crippen LogP contribution < -0.4 is 10.2 Å². The molecule has 0 atom stereocenters. The molecule has 1 amide bonds. The molecule has 3 aromatic rings. The number of anilines is 1. The number of pyridine rings is 1. The summed E-state index contributed by atoms with van der Waals surface area (Å²) in [6.07, 6.45) is 1.81. The first-order valence-corrected chi connectivity index (χ1v) is 10.3. The van der Waals surface area contributed by atoms with Crippen LogP contribution in [-0.4, -0.2) is 47.0 Å². The molecule has 8 heteroatoms. The second kappa shape index (κ2) is 8.85. The largest absolute Gasteiger partial charge is 0.378 e. The Morgan fingerprint density at radius 3 is 2.47 bits per heavy atom. The lowest BCUT2D eigenvalue weighted by Crippen LogP contribution is -2.36. The third-order valence-corrected chi connectivity index (χ3v) is 5.72. The maximum Gasteiger partial charge on any atom is 0.251 e. The molecule has 0 spiro atoms. The highest BCUT2D eigenvalue weighted by atomic mass is 35.5. The molecule has 1 N–H and O–H groups in total. The van der Waals surface area contributed by atoms with Crippen molar-refractivity contribution in [2.75, 3.05) is 31.2 Å². The summed E-state index contributed by atoms with van der Waals surface area (Å²) in [5.74, 6) is 0.804. The van der Waals surface area contributed by atoms with Gasteiger partial charge < -0.3 is 15.0 Å². The minimum absolute atomic E-state index is 0.134. The van der Waals surface area contributed by atoms with E-state index in [1.165, 1.54) is 0 Å². The first-order valence-electron chi connectivity index (χ1n) is 9.91. The van der Waals surface area contributed by atoms with Crippen LogP contribution in [0.25, 0.3) is 5.69 Å². The lowest BCUT2D eigenvalue weighted by atomic mass is 10.2. The van der Waals surface area contributed by atoms with E-state index >= 15 is 0 Å². The predicted molar refractivity (Wildman–Crippen MR) is 116 cm³/mol. The van der Waals surface area contributed by atoms with Crippen molar-refractivity contribution in [2.45, 2.75) is 20.4 Å². The monoisotopic (exact) mass is 425 g/mol. The molecule has 0 aliphatic carbocycles. The second-order valence-corrected chi connectivity index (χ2v) is 7.63. The number of amides is 1. The third-order valence-electron chi connectivity index (χ3n) is 5.17. The zero-order valence-corrected chi connectivity index (χ0v) is 17.8. The van der Waals surface area contributed by atoms with Gasteiger partial charge in [-0.15, -0.1) is 0 Å². The van der Waals surface area contributed by atoms with Crippen LogP contribution >= 0.6 is 11.6 Å². The number of carbonyl (C=O) groups excluding carboxylic acids is 1. The van der Waals surface area contributed by atoms with Gasteiger partial charge in [0.15, 0.2) is 0 Å². The molecule has 1 fully saturated rings. The quantitative estimate of drug-likeness (QED) is 0.679. The fourth-order valence-electron chi connectivity index (χ4n) is 3.41. The fraction of sp³-hybridized carbons (Fsp3) is 0.318. The van der Waals surface area contributed by atoms with Gasteiger partial charge in [0.25, 0.3) is 5.91 Å². The second-order valence-electron chi connectivity index (χ2n) is 7.25. The van der Waals surface area contributed by atoms with Crippen LogP contribution in [0.4, 0.5) is 5.82 Å². The molecule has 1 aromatic carbocycles. The number of nitrogens with one attached hydrogen (secondary N) is 1. The summed E-state index contributed by atoms with van der Waals surface area (Å²) < 4.78 is 7.15. The van der Waals surface area contributed by atoms with Crippen LogP contribution in [0.5, 0.6) is 0 Å². The number of benzene rings is 1. The van der Waals surface area contributed by atoms with Crippen molar-refractivity contribution in [3.8, 4) is 5.69 Å². The lowest BCUT2D eigenvalue weighted by molar-refractivity contribution is 0.0951. The summed E-state index contributed by atoms with van der Waals surface area (Å²) in [6.45, 7) is 7.36. The Morgan fingerprint density at radius 1 is 1.13 bits per heavy atom. The minimum atomic E-state index is -0.134. The number of ether oxygens (including phenoxy) is 1. The first-order chi connectivity index (χ1) is 14.5. The van der Waals surface area contributed by atoms with Crippen LogP contribution in [0, 0.1) is 13.8 Å². The highest BCUT2D eigenvalue weighted by molar-refractivity contribution is 6.31. The van der Waals surface area contributed by atoms with Crippen LogP contribution in [0.1, 0.15) is 27.3 Å². The fourth-order valence-corrected chi connectivity index (χ4v) is 3.53. The van der Waals surface area contributed by atoms with Gasteiger partial charge in [-0.3, -0.25) is 4.79 Å². The van der Waals surface area contributed by atoms with E-state index in [1.807, 2.05) is 38.1 Å². The van der Waals surface area contributed by atoms with Crippen molar-refractivity contribution < 1.29 is 9.53 Å². The number of nitrogens with zero attached hydrogens (tertiary/aromatic N) is 4. The van der Waals surface area contributed by atoms with Crippen molar-refractivity contribution in [2.24, 2.45) is 0 Å². The molecule has 2 aromatic heterocycles. The van der Waals surface area contributed by atoms with Crippen molar-refractivity contribution >= 4 is 23.3 Å². The number of hydrogen-bond donors (Lipinski definition) is 1. The van der Waals surface area contributed by atoms with Gasteiger partial charge in [0, 0.05) is 31.4 Å². The Kier molecular flexibility index (Phi) is 6.01. The molecule has 0 unspecified atom stereocenters. The van der Waals surface area contributed by atoms with Gasteiger partial charge in [0.1, 0.15) is 5.82 Å². The zero-order valence-electron chi connectivity index (χ0n) is 17.1. The zero-order chi connectivity index (χ0) is 21.1. The molecule has 0 saturated carbocycles. The van der Waals surface area contributed by atoms with E-state index in [2.05, 4.69) is 20.3 Å². The Hall–Kier alpha value is -2.90. The number of hydrogen-bond acceptors (Lipinski definition) is 5. The van der Waals surface area contributed by atoms with E-state index in [0.717, 1.165) is 54.8 Å². The molecule has 156 valence electrons. The van der Waals surface area contributed by atoms with E-state index < -0.39 is 0 Å². The van der Waals surface area contributed by atoms with Crippen molar-refractivity contribution in [3.63, 3.8) is 0 Å². The molecule has 0 radical (unpaired) electrons. The summed E-state index contributed by atoms with van der Waals surface area (Å²) in [4.78, 5) is 19.2. The molecular weight excluding hydrogens is 402 g/mol. The molecule has 0 bridgehead atoms. The average Bonchev–Trinajstić information content (AvgIpc) is 3.06. The molecule has 1 aliphatic heterocycles. The van der Waals surface area contributed by atoms with Gasteiger partial charge in [0.05, 0.1) is 35.3 Å². The van der Waals surface area contributed by atoms with Crippen molar-refractivity contribution in [3.05, 3.63) is 70.1 Å². The predicted octanol–water partition coefficient (Wildman–Crippen LogP) is 3.30. The molecule has 7 nitrogen and oxygen atoms in total. The molecular formula is C22H24ClN5O2. The molecule has 3 heterocycles. The number of aryl methyl sites for hydroxylation is 1. The van der Waals surface area contributed by atoms with Crippen LogP contribution in [0.3, 0.4) is 0 Å². The normalized spacial score (nSPS) is 14.0. The maximum atomic E-state index is 12.5. The van der Waals surface area contributed by atoms with Crippen LogP contribution in [-0.2, 0) is 11.3 Å². The SMILES string of the molecule is Cc1nn(-c2ccc(C(=O)NCc3ccc(N4CCOCC4)nc3)cc2)c(C)c1Cl. The third kappa shape index (κ3) is 4.32. The van der Waals surface area contributed by atoms with Crippen LogP contribution in [0.15, 0.2) is 42.6 Å². The molecule has 4 rings (SSSR count). The van der Waals surface area contributed by atoms with Gasteiger partial charge in [0.2, 0.25) is 0 Å². The van der Waals surface area contributed by atoms with E-state index in [-0.39, 0.29) is 5.91 Å². The molecule has 1 aliphatic rings. The summed E-state index contributed by atoms with van der Waals surface area (Å²) in [7, 11) is 0. The van der Waals surface area contributed by atoms with E-state index in [1.54, 1.807) is 23.0 Å². The molecule has 30 heavy (non-hydrogen) atoms. The Bertz CT molecular complexity index is 1020. The van der Waals surface area contributed by atoms with Crippen molar-refractivity contribution in [1.82, 2.24) is 20.1 Å². The first kappa shape index (κ1) is 20.4. The Morgan fingerprint density at radius 2 is 1.87 bits per heavy atom. The van der Waals surface area contributed by atoms with Gasteiger partial charge in [-0.2, -0.15) is 5.10 Å². The highest BCUT2D eigenvalue weighted by Crippen LogP contribution is 2.22. The highest BCUT2D eigenvalue weighted by Gasteiger charge is 2.13.